The van der Waals surface area contributed by atoms with Crippen molar-refractivity contribution in [3.63, 3.8) is 0 Å². The quantitative estimate of drug-likeness (QED) is 0.852. The minimum Gasteiger partial charge on any atom is -0.497 e. The summed E-state index contributed by atoms with van der Waals surface area (Å²) in [6, 6.07) is 12.2. The lowest BCUT2D eigenvalue weighted by molar-refractivity contribution is 0.318. The van der Waals surface area contributed by atoms with E-state index in [1.54, 1.807) is 19.2 Å². The molecule has 0 fully saturated rings. The molecular weight excluding hydrogens is 255 g/mol. The summed E-state index contributed by atoms with van der Waals surface area (Å²) in [4.78, 5) is 2.12. The van der Waals surface area contributed by atoms with Crippen LogP contribution in [0.5, 0.6) is 5.75 Å². The fourth-order valence-electron chi connectivity index (χ4n) is 2.09. The topological polar surface area (TPSA) is 38.5 Å². The molecule has 0 aliphatic carbocycles. The molecule has 0 amide bonds. The largest absolute Gasteiger partial charge is 0.497 e. The number of hydrogen-bond donors (Lipinski definition) is 1. The van der Waals surface area contributed by atoms with Gasteiger partial charge >= 0.3 is 0 Å². The second-order valence-electron chi connectivity index (χ2n) is 4.86. The van der Waals surface area contributed by atoms with Crippen molar-refractivity contribution in [2.45, 2.75) is 13.1 Å². The number of ether oxygens (including phenoxy) is 1. The van der Waals surface area contributed by atoms with E-state index < -0.39 is 0 Å². The van der Waals surface area contributed by atoms with E-state index in [1.807, 2.05) is 25.2 Å². The lowest BCUT2D eigenvalue weighted by Crippen LogP contribution is -2.18. The minimum atomic E-state index is -0.214. The van der Waals surface area contributed by atoms with Gasteiger partial charge in [-0.25, -0.2) is 4.39 Å². The molecule has 2 rings (SSSR count). The summed E-state index contributed by atoms with van der Waals surface area (Å²) in [7, 11) is 3.64. The van der Waals surface area contributed by atoms with Crippen molar-refractivity contribution in [2.24, 2.45) is 0 Å². The number of hydrogen-bond acceptors (Lipinski definition) is 3. The summed E-state index contributed by atoms with van der Waals surface area (Å²) in [5.74, 6) is 0.581. The summed E-state index contributed by atoms with van der Waals surface area (Å²) in [6.07, 6.45) is 0. The minimum absolute atomic E-state index is 0.214. The van der Waals surface area contributed by atoms with Crippen LogP contribution in [0.25, 0.3) is 0 Å². The Morgan fingerprint density at radius 3 is 2.45 bits per heavy atom. The second kappa shape index (κ2) is 6.39. The lowest BCUT2D eigenvalue weighted by atomic mass is 10.1. The molecule has 0 spiro atoms. The van der Waals surface area contributed by atoms with Crippen molar-refractivity contribution in [3.05, 3.63) is 59.4 Å². The molecule has 3 nitrogen and oxygen atoms in total. The van der Waals surface area contributed by atoms with Crippen molar-refractivity contribution >= 4 is 5.69 Å². The van der Waals surface area contributed by atoms with Crippen LogP contribution < -0.4 is 10.5 Å². The van der Waals surface area contributed by atoms with Crippen molar-refractivity contribution in [1.82, 2.24) is 4.90 Å². The first-order valence-electron chi connectivity index (χ1n) is 6.44. The molecule has 0 radical (unpaired) electrons. The van der Waals surface area contributed by atoms with E-state index in [-0.39, 0.29) is 5.82 Å². The van der Waals surface area contributed by atoms with Crippen molar-refractivity contribution < 1.29 is 9.13 Å². The molecule has 2 aromatic rings. The van der Waals surface area contributed by atoms with Crippen LogP contribution in [-0.4, -0.2) is 19.1 Å². The molecule has 106 valence electrons. The van der Waals surface area contributed by atoms with Crippen LogP contribution in [0.15, 0.2) is 42.5 Å². The highest BCUT2D eigenvalue weighted by Gasteiger charge is 2.06. The number of nitrogens with zero attached hydrogens (tertiary/aromatic N) is 1. The Morgan fingerprint density at radius 2 is 1.80 bits per heavy atom. The Hall–Kier alpha value is -2.07. The van der Waals surface area contributed by atoms with E-state index in [0.29, 0.717) is 6.54 Å². The Bertz CT molecular complexity index is 569. The third-order valence-electron chi connectivity index (χ3n) is 3.16. The smallest absolute Gasteiger partial charge is 0.123 e. The number of rotatable bonds is 5. The normalized spacial score (nSPS) is 10.8. The average molecular weight is 274 g/mol. The Labute approximate surface area is 118 Å². The van der Waals surface area contributed by atoms with Crippen LogP contribution in [0.4, 0.5) is 10.1 Å². The third kappa shape index (κ3) is 3.71. The molecule has 0 saturated heterocycles. The van der Waals surface area contributed by atoms with Gasteiger partial charge in [0.25, 0.3) is 0 Å². The predicted molar refractivity (Wildman–Crippen MR) is 79.0 cm³/mol. The molecule has 4 heteroatoms. The van der Waals surface area contributed by atoms with E-state index in [0.717, 1.165) is 29.1 Å². The third-order valence-corrected chi connectivity index (χ3v) is 3.16. The lowest BCUT2D eigenvalue weighted by Gasteiger charge is -2.18. The molecular formula is C16H19FN2O. The average Bonchev–Trinajstić information content (AvgIpc) is 2.44. The Balaban J connectivity index is 2.04. The fraction of sp³-hybridized carbons (Fsp3) is 0.250. The molecule has 0 atom stereocenters. The van der Waals surface area contributed by atoms with Crippen molar-refractivity contribution in [1.29, 1.82) is 0 Å². The monoisotopic (exact) mass is 274 g/mol. The number of benzene rings is 2. The van der Waals surface area contributed by atoms with Crippen LogP contribution in [0.1, 0.15) is 11.1 Å². The van der Waals surface area contributed by atoms with Gasteiger partial charge in [-0.05, 0) is 48.5 Å². The van der Waals surface area contributed by atoms with Gasteiger partial charge in [0.15, 0.2) is 0 Å². The number of nitrogen functional groups attached to an aromatic ring is 1. The SMILES string of the molecule is COc1ccc(N)c(CN(C)Cc2ccc(F)cc2)c1. The first-order chi connectivity index (χ1) is 9.58. The summed E-state index contributed by atoms with van der Waals surface area (Å²) in [5.41, 5.74) is 8.81. The van der Waals surface area contributed by atoms with Gasteiger partial charge in [0.1, 0.15) is 11.6 Å². The number of anilines is 1. The van der Waals surface area contributed by atoms with E-state index in [9.17, 15) is 4.39 Å². The van der Waals surface area contributed by atoms with Crippen LogP contribution in [0.2, 0.25) is 0 Å². The van der Waals surface area contributed by atoms with Gasteiger partial charge in [0.05, 0.1) is 7.11 Å². The van der Waals surface area contributed by atoms with Gasteiger partial charge in [-0.1, -0.05) is 12.1 Å². The fourth-order valence-corrected chi connectivity index (χ4v) is 2.09. The summed E-state index contributed by atoms with van der Waals surface area (Å²) < 4.78 is 18.1. The zero-order chi connectivity index (χ0) is 14.5. The maximum atomic E-state index is 12.9. The predicted octanol–water partition coefficient (Wildman–Crippen LogP) is 3.05. The van der Waals surface area contributed by atoms with Crippen LogP contribution in [0.3, 0.4) is 0 Å². The van der Waals surface area contributed by atoms with E-state index in [1.165, 1.54) is 12.1 Å². The molecule has 0 unspecified atom stereocenters. The van der Waals surface area contributed by atoms with Crippen molar-refractivity contribution in [2.75, 3.05) is 19.9 Å². The van der Waals surface area contributed by atoms with Gasteiger partial charge in [0, 0.05) is 18.8 Å². The first kappa shape index (κ1) is 14.3. The number of halogens is 1. The van der Waals surface area contributed by atoms with Crippen LogP contribution in [-0.2, 0) is 13.1 Å². The zero-order valence-electron chi connectivity index (χ0n) is 11.8. The molecule has 0 aromatic heterocycles. The maximum absolute atomic E-state index is 12.9. The molecule has 2 N–H and O–H groups in total. The molecule has 0 aliphatic rings. The highest BCUT2D eigenvalue weighted by atomic mass is 19.1. The number of methoxy groups -OCH3 is 1. The van der Waals surface area contributed by atoms with Gasteiger partial charge in [-0.15, -0.1) is 0 Å². The van der Waals surface area contributed by atoms with Gasteiger partial charge in [0.2, 0.25) is 0 Å². The summed E-state index contributed by atoms with van der Waals surface area (Å²) >= 11 is 0. The second-order valence-corrected chi connectivity index (χ2v) is 4.86. The highest BCUT2D eigenvalue weighted by molar-refractivity contribution is 5.50. The molecule has 0 bridgehead atoms. The first-order valence-corrected chi connectivity index (χ1v) is 6.44. The van der Waals surface area contributed by atoms with Crippen LogP contribution in [0, 0.1) is 5.82 Å². The molecule has 20 heavy (non-hydrogen) atoms. The molecule has 0 saturated carbocycles. The maximum Gasteiger partial charge on any atom is 0.123 e. The van der Waals surface area contributed by atoms with Gasteiger partial charge in [-0.2, -0.15) is 0 Å². The molecule has 0 aliphatic heterocycles. The van der Waals surface area contributed by atoms with E-state index in [2.05, 4.69) is 4.90 Å². The molecule has 2 aromatic carbocycles. The Kier molecular flexibility index (Phi) is 4.58. The summed E-state index contributed by atoms with van der Waals surface area (Å²) in [5, 5.41) is 0. The van der Waals surface area contributed by atoms with E-state index >= 15 is 0 Å². The van der Waals surface area contributed by atoms with Gasteiger partial charge < -0.3 is 10.5 Å². The zero-order valence-corrected chi connectivity index (χ0v) is 11.8. The highest BCUT2D eigenvalue weighted by Crippen LogP contribution is 2.21. The van der Waals surface area contributed by atoms with Crippen LogP contribution >= 0.6 is 0 Å². The standard InChI is InChI=1S/C16H19FN2O/c1-19(10-12-3-5-14(17)6-4-12)11-13-9-15(20-2)7-8-16(13)18/h3-9H,10-11,18H2,1-2H3. The van der Waals surface area contributed by atoms with Crippen molar-refractivity contribution in [3.8, 4) is 5.75 Å². The number of nitrogens with two attached hydrogens (primary N) is 1. The molecule has 0 heterocycles. The summed E-state index contributed by atoms with van der Waals surface area (Å²) in [6.45, 7) is 1.44. The Morgan fingerprint density at radius 1 is 1.10 bits per heavy atom. The van der Waals surface area contributed by atoms with E-state index in [4.69, 9.17) is 10.5 Å². The van der Waals surface area contributed by atoms with Gasteiger partial charge in [-0.3, -0.25) is 4.90 Å².